The van der Waals surface area contributed by atoms with Crippen LogP contribution < -0.4 is 4.90 Å². The summed E-state index contributed by atoms with van der Waals surface area (Å²) in [6.07, 6.45) is 0. The maximum absolute atomic E-state index is 9.03. The highest BCUT2D eigenvalue weighted by atomic mass is 32.1. The number of aliphatic hydroxyl groups excluding tert-OH is 1. The topological polar surface area (TPSA) is 23.5 Å². The van der Waals surface area contributed by atoms with Gasteiger partial charge in [-0.15, -0.1) is 11.3 Å². The molecule has 2 nitrogen and oxygen atoms in total. The summed E-state index contributed by atoms with van der Waals surface area (Å²) in [6.45, 7) is 4.32. The van der Waals surface area contributed by atoms with Crippen molar-refractivity contribution in [3.63, 3.8) is 0 Å². The second-order valence-corrected chi connectivity index (χ2v) is 4.22. The monoisotopic (exact) mass is 185 g/mol. The Morgan fingerprint density at radius 3 is 2.08 bits per heavy atom. The van der Waals surface area contributed by atoms with Crippen molar-refractivity contribution in [2.24, 2.45) is 0 Å². The first kappa shape index (κ1) is 9.55. The molecule has 1 heterocycles. The third kappa shape index (κ3) is 1.47. The predicted octanol–water partition coefficient (Wildman–Crippen LogP) is 1.92. The molecular formula is C9H15NOS. The molecule has 0 aliphatic carbocycles. The van der Waals surface area contributed by atoms with E-state index in [0.717, 1.165) is 4.88 Å². The zero-order valence-corrected chi connectivity index (χ0v) is 8.83. The van der Waals surface area contributed by atoms with Crippen LogP contribution in [-0.4, -0.2) is 19.2 Å². The molecule has 1 N–H and O–H groups in total. The minimum atomic E-state index is 0.158. The normalized spacial score (nSPS) is 10.4. The van der Waals surface area contributed by atoms with Crippen LogP contribution in [0.4, 0.5) is 5.00 Å². The summed E-state index contributed by atoms with van der Waals surface area (Å²) in [4.78, 5) is 3.17. The van der Waals surface area contributed by atoms with Gasteiger partial charge in [-0.2, -0.15) is 0 Å². The highest BCUT2D eigenvalue weighted by Crippen LogP contribution is 2.33. The van der Waals surface area contributed by atoms with E-state index in [1.165, 1.54) is 16.1 Å². The molecule has 0 radical (unpaired) electrons. The molecule has 68 valence electrons. The van der Waals surface area contributed by atoms with E-state index >= 15 is 0 Å². The Morgan fingerprint density at radius 1 is 1.25 bits per heavy atom. The number of hydrogen-bond donors (Lipinski definition) is 1. The standard InChI is InChI=1S/C9H15NOS/c1-6-7(2)9(10(3)4)12-8(6)5-11/h11H,5H2,1-4H3. The van der Waals surface area contributed by atoms with Gasteiger partial charge in [0.25, 0.3) is 0 Å². The lowest BCUT2D eigenvalue weighted by Gasteiger charge is -2.10. The third-order valence-electron chi connectivity index (χ3n) is 2.07. The molecule has 0 unspecified atom stereocenters. The van der Waals surface area contributed by atoms with Crippen LogP contribution >= 0.6 is 11.3 Å². The van der Waals surface area contributed by atoms with E-state index in [9.17, 15) is 0 Å². The van der Waals surface area contributed by atoms with Crippen LogP contribution in [0.15, 0.2) is 0 Å². The average Bonchev–Trinajstić information content (AvgIpc) is 2.30. The van der Waals surface area contributed by atoms with Crippen LogP contribution in [0.5, 0.6) is 0 Å². The van der Waals surface area contributed by atoms with Gasteiger partial charge in [0.05, 0.1) is 11.6 Å². The van der Waals surface area contributed by atoms with Gasteiger partial charge >= 0.3 is 0 Å². The summed E-state index contributed by atoms with van der Waals surface area (Å²) < 4.78 is 0. The maximum Gasteiger partial charge on any atom is 0.0939 e. The van der Waals surface area contributed by atoms with Crippen molar-refractivity contribution in [2.75, 3.05) is 19.0 Å². The van der Waals surface area contributed by atoms with Crippen LogP contribution in [0.25, 0.3) is 0 Å². The molecule has 3 heteroatoms. The van der Waals surface area contributed by atoms with Crippen LogP contribution in [0.2, 0.25) is 0 Å². The molecule has 0 atom stereocenters. The minimum Gasteiger partial charge on any atom is -0.391 e. The first-order valence-corrected chi connectivity index (χ1v) is 4.76. The van der Waals surface area contributed by atoms with Crippen LogP contribution in [0.3, 0.4) is 0 Å². The van der Waals surface area contributed by atoms with Crippen molar-refractivity contribution in [3.8, 4) is 0 Å². The highest BCUT2D eigenvalue weighted by molar-refractivity contribution is 7.16. The van der Waals surface area contributed by atoms with Crippen LogP contribution in [0, 0.1) is 13.8 Å². The van der Waals surface area contributed by atoms with Gasteiger partial charge in [0, 0.05) is 19.0 Å². The van der Waals surface area contributed by atoms with Gasteiger partial charge in [0.2, 0.25) is 0 Å². The minimum absolute atomic E-state index is 0.158. The SMILES string of the molecule is Cc1c(CO)sc(N(C)C)c1C. The first-order valence-electron chi connectivity index (χ1n) is 3.95. The summed E-state index contributed by atoms with van der Waals surface area (Å²) in [7, 11) is 4.05. The summed E-state index contributed by atoms with van der Waals surface area (Å²) in [5.74, 6) is 0. The molecule has 1 aromatic heterocycles. The fourth-order valence-corrected chi connectivity index (χ4v) is 2.31. The Hall–Kier alpha value is -0.540. The third-order valence-corrected chi connectivity index (χ3v) is 3.62. The molecule has 0 spiro atoms. The number of rotatable bonds is 2. The van der Waals surface area contributed by atoms with E-state index in [-0.39, 0.29) is 6.61 Å². The number of anilines is 1. The molecule has 1 aromatic rings. The second kappa shape index (κ2) is 3.46. The van der Waals surface area contributed by atoms with E-state index in [4.69, 9.17) is 5.11 Å². The molecular weight excluding hydrogens is 170 g/mol. The van der Waals surface area contributed by atoms with E-state index in [0.29, 0.717) is 0 Å². The van der Waals surface area contributed by atoms with Crippen molar-refractivity contribution < 1.29 is 5.11 Å². The van der Waals surface area contributed by atoms with Crippen molar-refractivity contribution in [3.05, 3.63) is 16.0 Å². The van der Waals surface area contributed by atoms with Crippen LogP contribution in [0.1, 0.15) is 16.0 Å². The van der Waals surface area contributed by atoms with Gasteiger partial charge in [-0.3, -0.25) is 0 Å². The molecule has 12 heavy (non-hydrogen) atoms. The maximum atomic E-state index is 9.03. The number of hydrogen-bond acceptors (Lipinski definition) is 3. The Morgan fingerprint density at radius 2 is 1.83 bits per heavy atom. The molecule has 0 bridgehead atoms. The summed E-state index contributed by atoms with van der Waals surface area (Å²) in [6, 6.07) is 0. The van der Waals surface area contributed by atoms with Crippen molar-refractivity contribution in [1.82, 2.24) is 0 Å². The lowest BCUT2D eigenvalue weighted by molar-refractivity contribution is 0.285. The Bertz CT molecular complexity index is 278. The van der Waals surface area contributed by atoms with Crippen molar-refractivity contribution in [1.29, 1.82) is 0 Å². The fourth-order valence-electron chi connectivity index (χ4n) is 1.22. The van der Waals surface area contributed by atoms with E-state index in [1.807, 2.05) is 14.1 Å². The smallest absolute Gasteiger partial charge is 0.0939 e. The molecule has 0 amide bonds. The van der Waals surface area contributed by atoms with Gasteiger partial charge < -0.3 is 10.0 Å². The van der Waals surface area contributed by atoms with Gasteiger partial charge in [0.1, 0.15) is 0 Å². The summed E-state index contributed by atoms with van der Waals surface area (Å²) in [5.41, 5.74) is 2.51. The molecule has 0 aliphatic heterocycles. The predicted molar refractivity (Wildman–Crippen MR) is 54.0 cm³/mol. The number of thiophene rings is 1. The average molecular weight is 185 g/mol. The van der Waals surface area contributed by atoms with Crippen molar-refractivity contribution in [2.45, 2.75) is 20.5 Å². The van der Waals surface area contributed by atoms with Gasteiger partial charge in [-0.05, 0) is 25.0 Å². The van der Waals surface area contributed by atoms with Crippen LogP contribution in [-0.2, 0) is 6.61 Å². The molecule has 0 saturated carbocycles. The lowest BCUT2D eigenvalue weighted by Crippen LogP contribution is -2.07. The zero-order valence-electron chi connectivity index (χ0n) is 8.01. The molecule has 1 rings (SSSR count). The van der Waals surface area contributed by atoms with Gasteiger partial charge in [-0.1, -0.05) is 0 Å². The molecule has 0 aromatic carbocycles. The molecule has 0 aliphatic rings. The van der Waals surface area contributed by atoms with Crippen molar-refractivity contribution >= 4 is 16.3 Å². The Balaban J connectivity index is 3.16. The summed E-state index contributed by atoms with van der Waals surface area (Å²) >= 11 is 1.67. The zero-order chi connectivity index (χ0) is 9.30. The molecule has 0 saturated heterocycles. The Labute approximate surface area is 77.5 Å². The number of nitrogens with zero attached hydrogens (tertiary/aromatic N) is 1. The highest BCUT2D eigenvalue weighted by Gasteiger charge is 2.11. The first-order chi connectivity index (χ1) is 5.57. The van der Waals surface area contributed by atoms with Gasteiger partial charge in [0.15, 0.2) is 0 Å². The largest absolute Gasteiger partial charge is 0.391 e. The second-order valence-electron chi connectivity index (χ2n) is 3.13. The summed E-state index contributed by atoms with van der Waals surface area (Å²) in [5, 5.41) is 10.3. The van der Waals surface area contributed by atoms with E-state index in [1.54, 1.807) is 11.3 Å². The quantitative estimate of drug-likeness (QED) is 0.761. The lowest BCUT2D eigenvalue weighted by atomic mass is 10.2. The van der Waals surface area contributed by atoms with Gasteiger partial charge in [-0.25, -0.2) is 0 Å². The number of aliphatic hydroxyl groups is 1. The van der Waals surface area contributed by atoms with E-state index < -0.39 is 0 Å². The fraction of sp³-hybridized carbons (Fsp3) is 0.556. The Kier molecular flexibility index (Phi) is 2.75. The molecule has 0 fully saturated rings. The van der Waals surface area contributed by atoms with E-state index in [2.05, 4.69) is 18.7 Å².